The Balaban J connectivity index is 1.52. The summed E-state index contributed by atoms with van der Waals surface area (Å²) >= 11 is 2.39. The summed E-state index contributed by atoms with van der Waals surface area (Å²) in [6, 6.07) is 17.5. The van der Waals surface area contributed by atoms with E-state index < -0.39 is 17.7 Å². The third kappa shape index (κ3) is 4.45. The summed E-state index contributed by atoms with van der Waals surface area (Å²) in [5.74, 6) is -1.90. The van der Waals surface area contributed by atoms with Crippen LogP contribution in [-0.4, -0.2) is 32.0 Å². The van der Waals surface area contributed by atoms with Crippen molar-refractivity contribution in [1.82, 2.24) is 15.2 Å². The summed E-state index contributed by atoms with van der Waals surface area (Å²) < 4.78 is 14.5. The van der Waals surface area contributed by atoms with Crippen LogP contribution in [0.25, 0.3) is 5.76 Å². The second kappa shape index (κ2) is 9.77. The van der Waals surface area contributed by atoms with Crippen LogP contribution in [0.15, 0.2) is 89.0 Å². The van der Waals surface area contributed by atoms with E-state index in [2.05, 4.69) is 15.2 Å². The lowest BCUT2D eigenvalue weighted by atomic mass is 9.96. The van der Waals surface area contributed by atoms with Crippen molar-refractivity contribution in [2.75, 3.05) is 4.90 Å². The zero-order valence-electron chi connectivity index (χ0n) is 18.0. The van der Waals surface area contributed by atoms with Crippen LogP contribution >= 0.6 is 23.1 Å². The molecular weight excluding hydrogens is 487 g/mol. The Labute approximate surface area is 208 Å². The monoisotopic (exact) mass is 504 g/mol. The van der Waals surface area contributed by atoms with E-state index in [1.807, 2.05) is 0 Å². The molecule has 1 N–H and O–H groups in total. The summed E-state index contributed by atoms with van der Waals surface area (Å²) in [5, 5.41) is 19.5. The molecule has 1 fully saturated rings. The number of carbonyl (C=O) groups is 2. The molecule has 3 heterocycles. The van der Waals surface area contributed by atoms with E-state index in [0.29, 0.717) is 26.8 Å². The molecule has 0 saturated carbocycles. The Morgan fingerprint density at radius 2 is 1.80 bits per heavy atom. The number of hydrogen-bond acceptors (Lipinski definition) is 8. The smallest absolute Gasteiger partial charge is 0.301 e. The molecule has 0 aliphatic carbocycles. The SMILES string of the molecule is O=C1C(=O)N(c2nnc(SCc3ccccc3F)s2)[C@H](c2cccnc2)C1=C(O)c1ccccc1. The van der Waals surface area contributed by atoms with Gasteiger partial charge in [0.05, 0.1) is 11.6 Å². The van der Waals surface area contributed by atoms with E-state index in [0.717, 1.165) is 11.3 Å². The van der Waals surface area contributed by atoms with Crippen LogP contribution in [0.5, 0.6) is 0 Å². The lowest BCUT2D eigenvalue weighted by Gasteiger charge is -2.22. The third-order valence-corrected chi connectivity index (χ3v) is 7.51. The summed E-state index contributed by atoms with van der Waals surface area (Å²) in [7, 11) is 0. The average molecular weight is 505 g/mol. The number of amides is 1. The molecule has 1 amide bonds. The van der Waals surface area contributed by atoms with Crippen LogP contribution in [0.2, 0.25) is 0 Å². The highest BCUT2D eigenvalue weighted by Crippen LogP contribution is 2.43. The summed E-state index contributed by atoms with van der Waals surface area (Å²) in [5.41, 5.74) is 1.43. The van der Waals surface area contributed by atoms with Crippen LogP contribution in [0.1, 0.15) is 22.7 Å². The minimum Gasteiger partial charge on any atom is -0.507 e. The van der Waals surface area contributed by atoms with Crippen molar-refractivity contribution < 1.29 is 19.1 Å². The molecule has 0 bridgehead atoms. The molecule has 0 radical (unpaired) electrons. The largest absolute Gasteiger partial charge is 0.507 e. The van der Waals surface area contributed by atoms with Crippen LogP contribution in [0.4, 0.5) is 9.52 Å². The fraction of sp³-hybridized carbons (Fsp3) is 0.0800. The van der Waals surface area contributed by atoms with E-state index in [1.54, 1.807) is 66.9 Å². The van der Waals surface area contributed by atoms with Gasteiger partial charge >= 0.3 is 5.91 Å². The molecule has 4 aromatic rings. The first kappa shape index (κ1) is 22.9. The van der Waals surface area contributed by atoms with Gasteiger partial charge in [-0.2, -0.15) is 0 Å². The molecule has 174 valence electrons. The number of ketones is 1. The lowest BCUT2D eigenvalue weighted by molar-refractivity contribution is -0.132. The number of rotatable bonds is 6. The molecule has 1 saturated heterocycles. The zero-order valence-corrected chi connectivity index (χ0v) is 19.7. The van der Waals surface area contributed by atoms with Gasteiger partial charge in [-0.25, -0.2) is 4.39 Å². The van der Waals surface area contributed by atoms with Gasteiger partial charge in [0.25, 0.3) is 5.78 Å². The number of thioether (sulfide) groups is 1. The normalized spacial score (nSPS) is 17.2. The standard InChI is InChI=1S/C25H17FN4O3S2/c26-18-11-5-4-9-17(18)14-34-25-29-28-24(35-25)30-20(16-10-6-12-27-13-16)19(22(32)23(30)33)21(31)15-7-2-1-3-8-15/h1-13,20,31H,14H2/t20-/m1/s1. The average Bonchev–Trinajstić information content (AvgIpc) is 3.46. The lowest BCUT2D eigenvalue weighted by Crippen LogP contribution is -2.29. The molecular formula is C25H17FN4O3S2. The number of aliphatic hydroxyl groups excluding tert-OH is 1. The molecule has 0 spiro atoms. The number of Topliss-reactive ketones (excluding diaryl/α,β-unsaturated/α-hetero) is 1. The number of aliphatic hydroxyl groups is 1. The van der Waals surface area contributed by atoms with E-state index in [4.69, 9.17) is 0 Å². The van der Waals surface area contributed by atoms with Crippen molar-refractivity contribution in [1.29, 1.82) is 0 Å². The molecule has 35 heavy (non-hydrogen) atoms. The predicted octanol–water partition coefficient (Wildman–Crippen LogP) is 4.99. The highest BCUT2D eigenvalue weighted by atomic mass is 32.2. The van der Waals surface area contributed by atoms with E-state index in [1.165, 1.54) is 28.9 Å². The number of benzene rings is 2. The number of anilines is 1. The Morgan fingerprint density at radius 3 is 2.54 bits per heavy atom. The van der Waals surface area contributed by atoms with E-state index in [9.17, 15) is 19.1 Å². The van der Waals surface area contributed by atoms with Crippen molar-refractivity contribution in [2.45, 2.75) is 16.1 Å². The van der Waals surface area contributed by atoms with Crippen LogP contribution in [0.3, 0.4) is 0 Å². The van der Waals surface area contributed by atoms with Gasteiger partial charge in [0.15, 0.2) is 4.34 Å². The van der Waals surface area contributed by atoms with Gasteiger partial charge in [-0.1, -0.05) is 77.7 Å². The molecule has 10 heteroatoms. The van der Waals surface area contributed by atoms with Gasteiger partial charge in [-0.05, 0) is 23.3 Å². The second-order valence-corrected chi connectivity index (χ2v) is 9.73. The molecule has 1 atom stereocenters. The number of pyridine rings is 1. The molecule has 2 aromatic heterocycles. The first-order chi connectivity index (χ1) is 17.0. The van der Waals surface area contributed by atoms with Gasteiger partial charge in [0.2, 0.25) is 5.13 Å². The molecule has 2 aromatic carbocycles. The first-order valence-corrected chi connectivity index (χ1v) is 12.3. The summed E-state index contributed by atoms with van der Waals surface area (Å²) in [6.45, 7) is 0. The van der Waals surface area contributed by atoms with Crippen molar-refractivity contribution in [3.05, 3.63) is 107 Å². The Morgan fingerprint density at radius 1 is 1.03 bits per heavy atom. The minimum atomic E-state index is -0.929. The second-order valence-electron chi connectivity index (χ2n) is 7.55. The maximum Gasteiger partial charge on any atom is 0.301 e. The van der Waals surface area contributed by atoms with Crippen molar-refractivity contribution in [2.24, 2.45) is 0 Å². The van der Waals surface area contributed by atoms with Gasteiger partial charge in [-0.3, -0.25) is 19.5 Å². The van der Waals surface area contributed by atoms with E-state index >= 15 is 0 Å². The number of halogens is 1. The van der Waals surface area contributed by atoms with Crippen molar-refractivity contribution in [3.63, 3.8) is 0 Å². The van der Waals surface area contributed by atoms with Gasteiger partial charge in [0, 0.05) is 23.7 Å². The number of carbonyl (C=O) groups excluding carboxylic acids is 2. The number of aromatic nitrogens is 3. The Kier molecular flexibility index (Phi) is 6.39. The minimum absolute atomic E-state index is 0.0510. The summed E-state index contributed by atoms with van der Waals surface area (Å²) in [4.78, 5) is 31.6. The Bertz CT molecular complexity index is 1430. The first-order valence-electron chi connectivity index (χ1n) is 10.5. The van der Waals surface area contributed by atoms with Crippen molar-refractivity contribution in [3.8, 4) is 0 Å². The summed E-state index contributed by atoms with van der Waals surface area (Å²) in [6.07, 6.45) is 3.12. The number of hydrogen-bond donors (Lipinski definition) is 1. The van der Waals surface area contributed by atoms with Gasteiger partial charge < -0.3 is 5.11 Å². The topological polar surface area (TPSA) is 96.3 Å². The van der Waals surface area contributed by atoms with Gasteiger partial charge in [-0.15, -0.1) is 10.2 Å². The molecule has 1 aliphatic rings. The maximum absolute atomic E-state index is 14.0. The molecule has 1 aliphatic heterocycles. The van der Waals surface area contributed by atoms with Crippen LogP contribution < -0.4 is 4.90 Å². The van der Waals surface area contributed by atoms with Crippen LogP contribution in [-0.2, 0) is 15.3 Å². The third-order valence-electron chi connectivity index (χ3n) is 5.40. The quantitative estimate of drug-likeness (QED) is 0.130. The maximum atomic E-state index is 14.0. The predicted molar refractivity (Wildman–Crippen MR) is 131 cm³/mol. The van der Waals surface area contributed by atoms with Gasteiger partial charge in [0.1, 0.15) is 11.6 Å². The zero-order chi connectivity index (χ0) is 24.4. The fourth-order valence-corrected chi connectivity index (χ4v) is 5.60. The van der Waals surface area contributed by atoms with E-state index in [-0.39, 0.29) is 22.3 Å². The molecule has 5 rings (SSSR count). The molecule has 7 nitrogen and oxygen atoms in total. The highest BCUT2D eigenvalue weighted by Gasteiger charge is 2.48. The molecule has 0 unspecified atom stereocenters. The Hall–Kier alpha value is -3.89. The number of nitrogens with zero attached hydrogens (tertiary/aromatic N) is 4. The fourth-order valence-electron chi connectivity index (χ4n) is 3.75. The van der Waals surface area contributed by atoms with Crippen molar-refractivity contribution >= 4 is 45.7 Å². The highest BCUT2D eigenvalue weighted by molar-refractivity contribution is 8.00. The van der Waals surface area contributed by atoms with Crippen LogP contribution in [0, 0.1) is 5.82 Å².